The number of nitrogens with one attached hydrogen (secondary N) is 1. The third-order valence-corrected chi connectivity index (χ3v) is 4.06. The number of likely N-dealkylation sites (tertiary alicyclic amines) is 1. The molecule has 112 valence electrons. The number of nitrogens with zero attached hydrogens (tertiary/aromatic N) is 1. The molecule has 1 atom stereocenters. The van der Waals surface area contributed by atoms with Crippen molar-refractivity contribution in [3.05, 3.63) is 23.8 Å². The lowest BCUT2D eigenvalue weighted by atomic mass is 10.2. The summed E-state index contributed by atoms with van der Waals surface area (Å²) in [6, 6.07) is 6.78. The molecule has 4 heteroatoms. The summed E-state index contributed by atoms with van der Waals surface area (Å²) in [6.07, 6.45) is 2.64. The smallest absolute Gasteiger partial charge is 0.161 e. The first-order valence-electron chi connectivity index (χ1n) is 7.44. The maximum absolute atomic E-state index is 5.33. The molecule has 1 aromatic rings. The Morgan fingerprint density at radius 2 is 2.05 bits per heavy atom. The first-order chi connectivity index (χ1) is 9.78. The zero-order valence-corrected chi connectivity index (χ0v) is 12.8. The van der Waals surface area contributed by atoms with Gasteiger partial charge in [-0.05, 0) is 43.6 Å². The molecule has 4 nitrogen and oxygen atoms in total. The highest BCUT2D eigenvalue weighted by Crippen LogP contribution is 2.27. The molecule has 1 fully saturated rings. The van der Waals surface area contributed by atoms with Gasteiger partial charge >= 0.3 is 0 Å². The van der Waals surface area contributed by atoms with Gasteiger partial charge in [0.05, 0.1) is 14.2 Å². The van der Waals surface area contributed by atoms with Gasteiger partial charge in [-0.25, -0.2) is 0 Å². The number of hydrogen-bond acceptors (Lipinski definition) is 4. The van der Waals surface area contributed by atoms with Gasteiger partial charge in [-0.2, -0.15) is 0 Å². The summed E-state index contributed by atoms with van der Waals surface area (Å²) in [6.45, 7) is 6.57. The minimum Gasteiger partial charge on any atom is -0.493 e. The fourth-order valence-electron chi connectivity index (χ4n) is 2.92. The average molecular weight is 278 g/mol. The number of rotatable bonds is 7. The van der Waals surface area contributed by atoms with E-state index in [2.05, 4.69) is 23.2 Å². The number of likely N-dealkylation sites (N-methyl/N-ethyl adjacent to an activating group) is 1. The maximum atomic E-state index is 5.33. The molecular weight excluding hydrogens is 252 g/mol. The Bertz CT molecular complexity index is 423. The van der Waals surface area contributed by atoms with E-state index in [1.165, 1.54) is 24.9 Å². The summed E-state index contributed by atoms with van der Waals surface area (Å²) in [7, 11) is 3.34. The standard InChI is InChI=1S/C16H26N2O2/c1-4-18-9-5-6-14(18)12-17-11-13-7-8-15(19-2)16(10-13)20-3/h7-8,10,14,17H,4-6,9,11-12H2,1-3H3/t14-/m1/s1. The van der Waals surface area contributed by atoms with Crippen molar-refractivity contribution in [2.75, 3.05) is 33.9 Å². The average Bonchev–Trinajstić information content (AvgIpc) is 2.94. The summed E-state index contributed by atoms with van der Waals surface area (Å²) >= 11 is 0. The molecule has 1 N–H and O–H groups in total. The molecule has 0 saturated carbocycles. The van der Waals surface area contributed by atoms with Gasteiger partial charge < -0.3 is 14.8 Å². The van der Waals surface area contributed by atoms with Crippen molar-refractivity contribution >= 4 is 0 Å². The summed E-state index contributed by atoms with van der Waals surface area (Å²) in [4.78, 5) is 2.56. The van der Waals surface area contributed by atoms with Crippen molar-refractivity contribution in [3.63, 3.8) is 0 Å². The van der Waals surface area contributed by atoms with Crippen LogP contribution in [-0.2, 0) is 6.54 Å². The molecule has 1 aliphatic rings. The fourth-order valence-corrected chi connectivity index (χ4v) is 2.92. The van der Waals surface area contributed by atoms with Gasteiger partial charge in [0.25, 0.3) is 0 Å². The molecule has 1 aliphatic heterocycles. The van der Waals surface area contributed by atoms with E-state index in [1.54, 1.807) is 14.2 Å². The highest BCUT2D eigenvalue weighted by molar-refractivity contribution is 5.42. The minimum absolute atomic E-state index is 0.695. The van der Waals surface area contributed by atoms with Crippen LogP contribution in [0.15, 0.2) is 18.2 Å². The fraction of sp³-hybridized carbons (Fsp3) is 0.625. The van der Waals surface area contributed by atoms with E-state index in [9.17, 15) is 0 Å². The van der Waals surface area contributed by atoms with Gasteiger partial charge in [-0.3, -0.25) is 4.90 Å². The van der Waals surface area contributed by atoms with Crippen LogP contribution in [0.4, 0.5) is 0 Å². The summed E-state index contributed by atoms with van der Waals surface area (Å²) in [5, 5.41) is 3.56. The lowest BCUT2D eigenvalue weighted by Gasteiger charge is -2.23. The number of ether oxygens (including phenoxy) is 2. The minimum atomic E-state index is 0.695. The summed E-state index contributed by atoms with van der Waals surface area (Å²) in [5.41, 5.74) is 1.23. The van der Waals surface area contributed by atoms with E-state index in [-0.39, 0.29) is 0 Å². The molecule has 0 spiro atoms. The first-order valence-corrected chi connectivity index (χ1v) is 7.44. The lowest BCUT2D eigenvalue weighted by Crippen LogP contribution is -2.37. The number of benzene rings is 1. The van der Waals surface area contributed by atoms with E-state index < -0.39 is 0 Å². The van der Waals surface area contributed by atoms with Crippen molar-refractivity contribution in [1.82, 2.24) is 10.2 Å². The van der Waals surface area contributed by atoms with Crippen molar-refractivity contribution < 1.29 is 9.47 Å². The first kappa shape index (κ1) is 15.1. The van der Waals surface area contributed by atoms with Crippen molar-refractivity contribution in [2.45, 2.75) is 32.4 Å². The number of methoxy groups -OCH3 is 2. The zero-order chi connectivity index (χ0) is 14.4. The maximum Gasteiger partial charge on any atom is 0.161 e. The second-order valence-electron chi connectivity index (χ2n) is 5.24. The second kappa shape index (κ2) is 7.50. The lowest BCUT2D eigenvalue weighted by molar-refractivity contribution is 0.260. The van der Waals surface area contributed by atoms with Gasteiger partial charge in [0.1, 0.15) is 0 Å². The van der Waals surface area contributed by atoms with Crippen molar-refractivity contribution in [1.29, 1.82) is 0 Å². The van der Waals surface area contributed by atoms with Crippen LogP contribution in [0.25, 0.3) is 0 Å². The second-order valence-corrected chi connectivity index (χ2v) is 5.24. The van der Waals surface area contributed by atoms with Crippen LogP contribution in [0.2, 0.25) is 0 Å². The van der Waals surface area contributed by atoms with Gasteiger partial charge in [0.15, 0.2) is 11.5 Å². The van der Waals surface area contributed by atoms with Crippen LogP contribution in [0.5, 0.6) is 11.5 Å². The van der Waals surface area contributed by atoms with Gasteiger partial charge in [0, 0.05) is 19.1 Å². The SMILES string of the molecule is CCN1CCC[C@@H]1CNCc1ccc(OC)c(OC)c1. The molecule has 1 aromatic carbocycles. The quantitative estimate of drug-likeness (QED) is 0.829. The topological polar surface area (TPSA) is 33.7 Å². The highest BCUT2D eigenvalue weighted by Gasteiger charge is 2.22. The molecule has 0 bridgehead atoms. The van der Waals surface area contributed by atoms with Gasteiger partial charge in [0.2, 0.25) is 0 Å². The van der Waals surface area contributed by atoms with Crippen LogP contribution >= 0.6 is 0 Å². The highest BCUT2D eigenvalue weighted by atomic mass is 16.5. The van der Waals surface area contributed by atoms with Crippen LogP contribution in [0.3, 0.4) is 0 Å². The van der Waals surface area contributed by atoms with Gasteiger partial charge in [-0.1, -0.05) is 13.0 Å². The molecule has 0 amide bonds. The Morgan fingerprint density at radius 3 is 2.75 bits per heavy atom. The van der Waals surface area contributed by atoms with Crippen LogP contribution in [-0.4, -0.2) is 44.8 Å². The molecule has 2 rings (SSSR count). The molecular formula is C16H26N2O2. The summed E-state index contributed by atoms with van der Waals surface area (Å²) in [5.74, 6) is 1.58. The summed E-state index contributed by atoms with van der Waals surface area (Å²) < 4.78 is 10.6. The molecule has 0 aromatic heterocycles. The van der Waals surface area contributed by atoms with Crippen molar-refractivity contribution in [2.24, 2.45) is 0 Å². The van der Waals surface area contributed by atoms with E-state index in [0.717, 1.165) is 31.1 Å². The predicted octanol–water partition coefficient (Wildman–Crippen LogP) is 2.28. The largest absolute Gasteiger partial charge is 0.493 e. The molecule has 0 unspecified atom stereocenters. The monoisotopic (exact) mass is 278 g/mol. The van der Waals surface area contributed by atoms with E-state index in [4.69, 9.17) is 9.47 Å². The van der Waals surface area contributed by atoms with E-state index in [0.29, 0.717) is 6.04 Å². The zero-order valence-electron chi connectivity index (χ0n) is 12.8. The van der Waals surface area contributed by atoms with Gasteiger partial charge in [-0.15, -0.1) is 0 Å². The Kier molecular flexibility index (Phi) is 5.68. The Labute approximate surface area is 122 Å². The third kappa shape index (κ3) is 3.64. The third-order valence-electron chi connectivity index (χ3n) is 4.06. The molecule has 1 heterocycles. The molecule has 1 saturated heterocycles. The van der Waals surface area contributed by atoms with E-state index in [1.807, 2.05) is 12.1 Å². The van der Waals surface area contributed by atoms with Crippen molar-refractivity contribution in [3.8, 4) is 11.5 Å². The predicted molar refractivity (Wildman–Crippen MR) is 81.5 cm³/mol. The van der Waals surface area contributed by atoms with Crippen LogP contribution < -0.4 is 14.8 Å². The number of hydrogen-bond donors (Lipinski definition) is 1. The Hall–Kier alpha value is -1.26. The van der Waals surface area contributed by atoms with Crippen LogP contribution in [0.1, 0.15) is 25.3 Å². The Balaban J connectivity index is 1.85. The molecule has 20 heavy (non-hydrogen) atoms. The molecule has 0 radical (unpaired) electrons. The molecule has 0 aliphatic carbocycles. The normalized spacial score (nSPS) is 19.2. The Morgan fingerprint density at radius 1 is 1.25 bits per heavy atom. The van der Waals surface area contributed by atoms with Crippen LogP contribution in [0, 0.1) is 0 Å². The van der Waals surface area contributed by atoms with E-state index >= 15 is 0 Å².